The Kier molecular flexibility index (Phi) is 62.8. The smallest absolute Gasteiger partial charge is 0.462 e. The van der Waals surface area contributed by atoms with Crippen LogP contribution in [0.3, 0.4) is 0 Å². The van der Waals surface area contributed by atoms with Gasteiger partial charge in [-0.1, -0.05) is 280 Å². The van der Waals surface area contributed by atoms with Crippen molar-refractivity contribution in [1.29, 1.82) is 0 Å². The summed E-state index contributed by atoms with van der Waals surface area (Å²) in [6.07, 6.45) is 103. The van der Waals surface area contributed by atoms with Gasteiger partial charge < -0.3 is 18.9 Å². The number of rotatable bonds is 61. The molecule has 0 aliphatic carbocycles. The zero-order chi connectivity index (χ0) is 64.1. The zero-order valence-electron chi connectivity index (χ0n) is 56.4. The molecule has 2 unspecified atom stereocenters. The second-order valence-corrected chi connectivity index (χ2v) is 24.9. The number of carbonyl (C=O) groups excluding carboxylic acids is 2. The molecule has 9 nitrogen and oxygen atoms in total. The van der Waals surface area contributed by atoms with E-state index in [0.717, 1.165) is 135 Å². The third-order valence-corrected chi connectivity index (χ3v) is 14.9. The van der Waals surface area contributed by atoms with E-state index in [4.69, 9.17) is 18.5 Å². The van der Waals surface area contributed by atoms with Crippen LogP contribution in [-0.4, -0.2) is 74.9 Å². The first-order valence-corrected chi connectivity index (χ1v) is 36.0. The molecule has 2 atom stereocenters. The quantitative estimate of drug-likeness (QED) is 0.0211. The SMILES string of the molecule is CC/C=C\C/C=C\C/C=C\C/C=C\C/C=C\C/C=C\C/C=C\C/C=C\C/C=C\CCCCCC(=O)OC(COC(=O)CCCCCCCCCCCCCCCC/C=C\C/C=C\C/C=C\C/C=C\C/C=C\C/C=C\CC)COP(=O)(O)OCC[N+](C)(C)C. The van der Waals surface area contributed by atoms with Crippen LogP contribution in [0.5, 0.6) is 0 Å². The molecule has 0 radical (unpaired) electrons. The lowest BCUT2D eigenvalue weighted by Gasteiger charge is -2.24. The van der Waals surface area contributed by atoms with Crippen LogP contribution in [0, 0.1) is 0 Å². The summed E-state index contributed by atoms with van der Waals surface area (Å²) < 4.78 is 34.7. The molecule has 1 N–H and O–H groups in total. The number of hydrogen-bond acceptors (Lipinski definition) is 7. The van der Waals surface area contributed by atoms with Gasteiger partial charge in [-0.2, -0.15) is 0 Å². The second-order valence-electron chi connectivity index (χ2n) is 23.4. The molecule has 0 aliphatic rings. The Balaban J connectivity index is 4.19. The Morgan fingerprint density at radius 3 is 0.920 bits per heavy atom. The fourth-order valence-electron chi connectivity index (χ4n) is 8.72. The van der Waals surface area contributed by atoms with E-state index in [1.54, 1.807) is 0 Å². The number of ether oxygens (including phenoxy) is 2. The predicted octanol–water partition coefficient (Wildman–Crippen LogP) is 22.7. The van der Waals surface area contributed by atoms with Crippen LogP contribution >= 0.6 is 7.82 Å². The number of allylic oxidation sites excluding steroid dienone is 30. The average molecular weight is 1240 g/mol. The van der Waals surface area contributed by atoms with Crippen LogP contribution in [-0.2, 0) is 32.7 Å². The van der Waals surface area contributed by atoms with Crippen molar-refractivity contribution in [2.45, 2.75) is 251 Å². The number of unbranched alkanes of at least 4 members (excludes halogenated alkanes) is 17. The molecule has 10 heteroatoms. The second kappa shape index (κ2) is 66.5. The number of carbonyl (C=O) groups is 2. The van der Waals surface area contributed by atoms with Crippen molar-refractivity contribution in [2.75, 3.05) is 47.5 Å². The Morgan fingerprint density at radius 1 is 0.352 bits per heavy atom. The number of phosphoric acid groups is 1. The van der Waals surface area contributed by atoms with Crippen molar-refractivity contribution in [3.8, 4) is 0 Å². The molecule has 88 heavy (non-hydrogen) atoms. The van der Waals surface area contributed by atoms with Crippen molar-refractivity contribution in [1.82, 2.24) is 0 Å². The third-order valence-electron chi connectivity index (χ3n) is 13.9. The molecular weight excluding hydrogens is 1110 g/mol. The van der Waals surface area contributed by atoms with Gasteiger partial charge in [-0.15, -0.1) is 0 Å². The number of nitrogens with zero attached hydrogens (tertiary/aromatic N) is 1. The third kappa shape index (κ3) is 70.2. The lowest BCUT2D eigenvalue weighted by atomic mass is 10.0. The Morgan fingerprint density at radius 2 is 0.614 bits per heavy atom. The molecule has 0 aliphatic heterocycles. The number of hydrogen-bond donors (Lipinski definition) is 1. The maximum absolute atomic E-state index is 12.9. The van der Waals surface area contributed by atoms with Gasteiger partial charge in [0.15, 0.2) is 6.10 Å². The van der Waals surface area contributed by atoms with E-state index in [2.05, 4.69) is 196 Å². The van der Waals surface area contributed by atoms with Gasteiger partial charge in [0, 0.05) is 12.8 Å². The highest BCUT2D eigenvalue weighted by Crippen LogP contribution is 2.43. The minimum absolute atomic E-state index is 0.0150. The van der Waals surface area contributed by atoms with E-state index in [0.29, 0.717) is 17.4 Å². The molecule has 0 saturated heterocycles. The van der Waals surface area contributed by atoms with Crippen LogP contribution in [0.25, 0.3) is 0 Å². The monoisotopic (exact) mass is 1240 g/mol. The maximum atomic E-state index is 12.9. The first-order chi connectivity index (χ1) is 43.0. The van der Waals surface area contributed by atoms with Gasteiger partial charge >= 0.3 is 19.8 Å². The van der Waals surface area contributed by atoms with Crippen molar-refractivity contribution >= 4 is 19.8 Å². The summed E-state index contributed by atoms with van der Waals surface area (Å²) in [6, 6.07) is 0. The van der Waals surface area contributed by atoms with Crippen LogP contribution < -0.4 is 0 Å². The summed E-state index contributed by atoms with van der Waals surface area (Å²) in [6.45, 7) is 4.15. The fourth-order valence-corrected chi connectivity index (χ4v) is 9.46. The van der Waals surface area contributed by atoms with E-state index in [1.165, 1.54) is 77.0 Å². The van der Waals surface area contributed by atoms with Gasteiger partial charge in [0.2, 0.25) is 0 Å². The minimum atomic E-state index is -4.42. The molecule has 0 heterocycles. The summed E-state index contributed by atoms with van der Waals surface area (Å²) in [7, 11) is 1.43. The number of phosphoric ester groups is 1. The molecule has 0 bridgehead atoms. The molecule has 0 amide bonds. The fraction of sp³-hybridized carbons (Fsp3) is 0.590. The van der Waals surface area contributed by atoms with E-state index < -0.39 is 26.5 Å². The van der Waals surface area contributed by atoms with E-state index in [-0.39, 0.29) is 32.0 Å². The maximum Gasteiger partial charge on any atom is 0.472 e. The van der Waals surface area contributed by atoms with Gasteiger partial charge in [0.1, 0.15) is 19.8 Å². The number of likely N-dealkylation sites (N-methyl/N-ethyl adjacent to an activating group) is 1. The van der Waals surface area contributed by atoms with Crippen molar-refractivity contribution in [3.05, 3.63) is 182 Å². The summed E-state index contributed by atoms with van der Waals surface area (Å²) in [5.74, 6) is -0.847. The molecule has 0 aromatic carbocycles. The van der Waals surface area contributed by atoms with Crippen molar-refractivity contribution < 1.29 is 42.1 Å². The van der Waals surface area contributed by atoms with E-state index in [1.807, 2.05) is 21.1 Å². The van der Waals surface area contributed by atoms with E-state index in [9.17, 15) is 19.0 Å². The van der Waals surface area contributed by atoms with Crippen molar-refractivity contribution in [3.63, 3.8) is 0 Å². The molecule has 0 spiro atoms. The standard InChI is InChI=1S/C78H126NO8P/c1-6-8-10-12-14-16-18-20-22-24-26-28-30-32-34-36-38-39-41-42-44-46-48-50-52-54-56-58-60-62-64-66-68-70-77(80)84-74-76(75-86-88(82,83)85-73-72-79(3,4)5)87-78(81)71-69-67-65-63-61-59-57-55-53-51-49-47-45-43-40-37-35-33-31-29-27-25-23-21-19-17-15-13-11-9-7-2/h8-11,14-17,20-23,26-29,32-35,38-40,43,47,49,53,55,59,61,76H,6-7,12-13,18-19,24-25,30-31,36-37,41-42,44-46,48,50-52,54,56-58,60,62-75H2,1-5H3/p+1/b10-8-,11-9-,16-14-,17-15-,22-20-,23-21-,28-26-,29-27-,34-32-,35-33-,39-38-,43-40-,49-47-,55-53-,61-59-. The number of quaternary nitrogens is 1. The van der Waals surface area contributed by atoms with Gasteiger partial charge in [0.05, 0.1) is 27.7 Å². The highest BCUT2D eigenvalue weighted by Gasteiger charge is 2.27. The minimum Gasteiger partial charge on any atom is -0.462 e. The molecule has 0 aromatic heterocycles. The number of esters is 2. The van der Waals surface area contributed by atoms with Crippen LogP contribution in [0.4, 0.5) is 0 Å². The van der Waals surface area contributed by atoms with E-state index >= 15 is 0 Å². The Bertz CT molecular complexity index is 2140. The topological polar surface area (TPSA) is 108 Å². The van der Waals surface area contributed by atoms with Gasteiger partial charge in [-0.3, -0.25) is 18.6 Å². The lowest BCUT2D eigenvalue weighted by Crippen LogP contribution is -2.37. The zero-order valence-corrected chi connectivity index (χ0v) is 57.3. The molecular formula is C78H127NO8P+. The highest BCUT2D eigenvalue weighted by atomic mass is 31.2. The van der Waals surface area contributed by atoms with Gasteiger partial charge in [0.25, 0.3) is 0 Å². The molecule has 0 aromatic rings. The Hall–Kier alpha value is -4.89. The van der Waals surface area contributed by atoms with Crippen LogP contribution in [0.2, 0.25) is 0 Å². The molecule has 0 fully saturated rings. The van der Waals surface area contributed by atoms with Crippen molar-refractivity contribution in [2.24, 2.45) is 0 Å². The average Bonchev–Trinajstić information content (AvgIpc) is 3.68. The lowest BCUT2D eigenvalue weighted by molar-refractivity contribution is -0.870. The first-order valence-electron chi connectivity index (χ1n) is 34.5. The molecule has 0 rings (SSSR count). The molecule has 0 saturated carbocycles. The van der Waals surface area contributed by atoms with Gasteiger partial charge in [-0.05, 0) is 135 Å². The molecule has 496 valence electrons. The predicted molar refractivity (Wildman–Crippen MR) is 380 cm³/mol. The summed E-state index contributed by atoms with van der Waals surface area (Å²) >= 11 is 0. The summed E-state index contributed by atoms with van der Waals surface area (Å²) in [5, 5.41) is 0. The largest absolute Gasteiger partial charge is 0.472 e. The highest BCUT2D eigenvalue weighted by molar-refractivity contribution is 7.47. The van der Waals surface area contributed by atoms with Crippen LogP contribution in [0.1, 0.15) is 245 Å². The summed E-state index contributed by atoms with van der Waals surface area (Å²) in [4.78, 5) is 35.9. The Labute approximate surface area is 540 Å². The normalized spacial score (nSPS) is 14.3. The van der Waals surface area contributed by atoms with Gasteiger partial charge in [-0.25, -0.2) is 4.57 Å². The summed E-state index contributed by atoms with van der Waals surface area (Å²) in [5.41, 5.74) is 0. The van der Waals surface area contributed by atoms with Crippen LogP contribution in [0.15, 0.2) is 182 Å². The first kappa shape index (κ1) is 83.1.